The fraction of sp³-hybridized carbons (Fsp3) is 0.133. The number of para-hydroxylation sites is 1. The number of nitrogens with zero attached hydrogens (tertiary/aromatic N) is 1. The fourth-order valence-corrected chi connectivity index (χ4v) is 2.75. The third-order valence-electron chi connectivity index (χ3n) is 2.69. The van der Waals surface area contributed by atoms with Crippen molar-refractivity contribution in [3.8, 4) is 23.1 Å². The van der Waals surface area contributed by atoms with E-state index in [1.807, 2.05) is 30.3 Å². The Morgan fingerprint density at radius 3 is 3.00 bits per heavy atom. The van der Waals surface area contributed by atoms with Crippen LogP contribution in [0, 0.1) is 12.3 Å². The SMILES string of the molecule is C#CCNCc1ccc(-c2nc3ccccc3s2)o1. The molecular formula is C15H12N2OS. The van der Waals surface area contributed by atoms with Crippen molar-refractivity contribution in [2.24, 2.45) is 0 Å². The summed E-state index contributed by atoms with van der Waals surface area (Å²) in [5.41, 5.74) is 1.01. The van der Waals surface area contributed by atoms with Crippen molar-refractivity contribution in [2.45, 2.75) is 6.54 Å². The molecule has 0 saturated carbocycles. The Morgan fingerprint density at radius 2 is 2.16 bits per heavy atom. The Kier molecular flexibility index (Phi) is 3.32. The van der Waals surface area contributed by atoms with E-state index in [1.54, 1.807) is 11.3 Å². The molecule has 94 valence electrons. The van der Waals surface area contributed by atoms with Gasteiger partial charge in [-0.1, -0.05) is 18.1 Å². The van der Waals surface area contributed by atoms with Gasteiger partial charge in [-0.25, -0.2) is 4.98 Å². The number of nitrogens with one attached hydrogen (secondary N) is 1. The van der Waals surface area contributed by atoms with Crippen molar-refractivity contribution < 1.29 is 4.42 Å². The predicted molar refractivity (Wildman–Crippen MR) is 77.9 cm³/mol. The second kappa shape index (κ2) is 5.27. The molecule has 0 saturated heterocycles. The number of furan rings is 1. The van der Waals surface area contributed by atoms with Crippen LogP contribution in [0.15, 0.2) is 40.8 Å². The topological polar surface area (TPSA) is 38.1 Å². The maximum atomic E-state index is 5.76. The molecule has 0 unspecified atom stereocenters. The number of benzene rings is 1. The number of aromatic nitrogens is 1. The minimum absolute atomic E-state index is 0.539. The third kappa shape index (κ3) is 2.53. The second-order valence-electron chi connectivity index (χ2n) is 4.06. The van der Waals surface area contributed by atoms with Crippen molar-refractivity contribution >= 4 is 21.6 Å². The maximum absolute atomic E-state index is 5.76. The average Bonchev–Trinajstić information content (AvgIpc) is 3.04. The van der Waals surface area contributed by atoms with Crippen LogP contribution in [-0.2, 0) is 6.54 Å². The quantitative estimate of drug-likeness (QED) is 0.583. The number of fused-ring (bicyclic) bond motifs is 1. The van der Waals surface area contributed by atoms with E-state index in [0.29, 0.717) is 13.1 Å². The van der Waals surface area contributed by atoms with Crippen LogP contribution in [-0.4, -0.2) is 11.5 Å². The van der Waals surface area contributed by atoms with Crippen LogP contribution >= 0.6 is 11.3 Å². The highest BCUT2D eigenvalue weighted by Crippen LogP contribution is 2.30. The molecule has 1 aromatic carbocycles. The standard InChI is InChI=1S/C15H12N2OS/c1-2-9-16-10-11-7-8-13(18-11)15-17-12-5-3-4-6-14(12)19-15/h1,3-8,16H,9-10H2. The molecule has 0 aliphatic rings. The summed E-state index contributed by atoms with van der Waals surface area (Å²) in [6, 6.07) is 12.0. The minimum atomic E-state index is 0.539. The minimum Gasteiger partial charge on any atom is -0.457 e. The number of hydrogen-bond donors (Lipinski definition) is 1. The Morgan fingerprint density at radius 1 is 1.26 bits per heavy atom. The lowest BCUT2D eigenvalue weighted by atomic mass is 10.3. The number of hydrogen-bond acceptors (Lipinski definition) is 4. The first kappa shape index (κ1) is 12.0. The summed E-state index contributed by atoms with van der Waals surface area (Å²) >= 11 is 1.63. The zero-order chi connectivity index (χ0) is 13.1. The molecule has 0 spiro atoms. The van der Waals surface area contributed by atoms with Gasteiger partial charge < -0.3 is 4.42 Å². The Balaban J connectivity index is 1.84. The molecule has 0 aliphatic heterocycles. The predicted octanol–water partition coefficient (Wildman–Crippen LogP) is 3.28. The highest BCUT2D eigenvalue weighted by Gasteiger charge is 2.09. The molecule has 3 nitrogen and oxygen atoms in total. The zero-order valence-corrected chi connectivity index (χ0v) is 11.0. The van der Waals surface area contributed by atoms with Gasteiger partial charge in [-0.2, -0.15) is 0 Å². The molecule has 2 heterocycles. The maximum Gasteiger partial charge on any atom is 0.163 e. The van der Waals surface area contributed by atoms with Gasteiger partial charge in [0, 0.05) is 0 Å². The molecule has 1 N–H and O–H groups in total. The van der Waals surface area contributed by atoms with Gasteiger partial charge in [0.25, 0.3) is 0 Å². The van der Waals surface area contributed by atoms with Gasteiger partial charge >= 0.3 is 0 Å². The van der Waals surface area contributed by atoms with E-state index in [9.17, 15) is 0 Å². The molecule has 0 fully saturated rings. The summed E-state index contributed by atoms with van der Waals surface area (Å²) in [6.45, 7) is 1.17. The summed E-state index contributed by atoms with van der Waals surface area (Å²) in [5.74, 6) is 4.20. The van der Waals surface area contributed by atoms with Crippen LogP contribution < -0.4 is 5.32 Å². The molecule has 19 heavy (non-hydrogen) atoms. The lowest BCUT2D eigenvalue weighted by molar-refractivity contribution is 0.502. The summed E-state index contributed by atoms with van der Waals surface area (Å²) < 4.78 is 6.93. The van der Waals surface area contributed by atoms with Crippen LogP contribution in [0.2, 0.25) is 0 Å². The first-order chi connectivity index (χ1) is 9.36. The molecule has 0 amide bonds. The first-order valence-electron chi connectivity index (χ1n) is 5.95. The largest absolute Gasteiger partial charge is 0.457 e. The average molecular weight is 268 g/mol. The van der Waals surface area contributed by atoms with E-state index in [2.05, 4.69) is 22.3 Å². The molecule has 0 atom stereocenters. The molecule has 3 rings (SSSR count). The molecular weight excluding hydrogens is 256 g/mol. The molecule has 0 radical (unpaired) electrons. The van der Waals surface area contributed by atoms with Crippen molar-refractivity contribution in [3.63, 3.8) is 0 Å². The van der Waals surface area contributed by atoms with Crippen LogP contribution in [0.25, 0.3) is 21.0 Å². The van der Waals surface area contributed by atoms with Crippen molar-refractivity contribution in [1.29, 1.82) is 0 Å². The van der Waals surface area contributed by atoms with E-state index < -0.39 is 0 Å². The Hall–Kier alpha value is -2.09. The van der Waals surface area contributed by atoms with Crippen LogP contribution in [0.1, 0.15) is 5.76 Å². The van der Waals surface area contributed by atoms with Crippen LogP contribution in [0.4, 0.5) is 0 Å². The molecule has 4 heteroatoms. The van der Waals surface area contributed by atoms with Crippen molar-refractivity contribution in [1.82, 2.24) is 10.3 Å². The highest BCUT2D eigenvalue weighted by atomic mass is 32.1. The number of thiazole rings is 1. The van der Waals surface area contributed by atoms with E-state index in [-0.39, 0.29) is 0 Å². The van der Waals surface area contributed by atoms with Gasteiger partial charge in [0.2, 0.25) is 0 Å². The lowest BCUT2D eigenvalue weighted by Gasteiger charge is -1.95. The van der Waals surface area contributed by atoms with Crippen molar-refractivity contribution in [3.05, 3.63) is 42.2 Å². The summed E-state index contributed by atoms with van der Waals surface area (Å²) in [6.07, 6.45) is 5.18. The number of terminal acetylenes is 1. The Labute approximate surface area is 115 Å². The first-order valence-corrected chi connectivity index (χ1v) is 6.77. The van der Waals surface area contributed by atoms with Crippen LogP contribution in [0.5, 0.6) is 0 Å². The Bertz CT molecular complexity index is 703. The van der Waals surface area contributed by atoms with Gasteiger partial charge in [-0.15, -0.1) is 17.8 Å². The highest BCUT2D eigenvalue weighted by molar-refractivity contribution is 7.21. The van der Waals surface area contributed by atoms with Crippen LogP contribution in [0.3, 0.4) is 0 Å². The van der Waals surface area contributed by atoms with Crippen molar-refractivity contribution in [2.75, 3.05) is 6.54 Å². The van der Waals surface area contributed by atoms with Gasteiger partial charge in [-0.3, -0.25) is 5.32 Å². The van der Waals surface area contributed by atoms with E-state index in [1.165, 1.54) is 4.70 Å². The van der Waals surface area contributed by atoms with E-state index in [0.717, 1.165) is 22.0 Å². The molecule has 0 aliphatic carbocycles. The second-order valence-corrected chi connectivity index (χ2v) is 5.09. The smallest absolute Gasteiger partial charge is 0.163 e. The monoisotopic (exact) mass is 268 g/mol. The number of rotatable bonds is 4. The normalized spacial score (nSPS) is 10.7. The van der Waals surface area contributed by atoms with Gasteiger partial charge in [-0.05, 0) is 24.3 Å². The fourth-order valence-electron chi connectivity index (χ4n) is 1.82. The van der Waals surface area contributed by atoms with E-state index in [4.69, 9.17) is 10.8 Å². The summed E-state index contributed by atoms with van der Waals surface area (Å²) in [4.78, 5) is 4.56. The summed E-state index contributed by atoms with van der Waals surface area (Å²) in [5, 5.41) is 4.00. The lowest BCUT2D eigenvalue weighted by Crippen LogP contribution is -2.12. The van der Waals surface area contributed by atoms with Gasteiger partial charge in [0.15, 0.2) is 10.8 Å². The van der Waals surface area contributed by atoms with E-state index >= 15 is 0 Å². The van der Waals surface area contributed by atoms with Gasteiger partial charge in [0.05, 0.1) is 23.3 Å². The summed E-state index contributed by atoms with van der Waals surface area (Å²) in [7, 11) is 0. The third-order valence-corrected chi connectivity index (χ3v) is 3.74. The molecule has 2 aromatic heterocycles. The van der Waals surface area contributed by atoms with Gasteiger partial charge in [0.1, 0.15) is 5.76 Å². The molecule has 0 bridgehead atoms. The molecule has 3 aromatic rings. The zero-order valence-electron chi connectivity index (χ0n) is 10.2.